The highest BCUT2D eigenvalue weighted by atomic mass is 16.7. The highest BCUT2D eigenvalue weighted by Gasteiger charge is 2.49. The number of nitrogens with two attached hydrogens (primary N) is 2. The molecule has 0 saturated carbocycles. The Bertz CT molecular complexity index is 424. The summed E-state index contributed by atoms with van der Waals surface area (Å²) in [4.78, 5) is 0. The molecule has 0 radical (unpaired) electrons. The largest absolute Gasteiger partial charge is 0.394 e. The van der Waals surface area contributed by atoms with E-state index in [0.717, 1.165) is 0 Å². The van der Waals surface area contributed by atoms with E-state index in [-0.39, 0.29) is 5.92 Å². The molecule has 0 aliphatic carbocycles. The van der Waals surface area contributed by atoms with Crippen LogP contribution in [0.1, 0.15) is 13.8 Å². The molecule has 148 valence electrons. The lowest BCUT2D eigenvalue weighted by Crippen LogP contribution is -2.67. The second kappa shape index (κ2) is 8.53. The monoisotopic (exact) mass is 366 g/mol. The zero-order chi connectivity index (χ0) is 18.9. The standard InChI is InChI=1S/C15H30N2O8/c1-5(2)13-8(16)12(22)14(7(4-19)23-13)25-15-9(17)11(21)10(20)6(3-18)24-15/h5-15,18-22H,3-4,16-17H2,1-2H3. The molecule has 2 heterocycles. The van der Waals surface area contributed by atoms with Crippen LogP contribution in [0, 0.1) is 5.92 Å². The van der Waals surface area contributed by atoms with Crippen molar-refractivity contribution in [3.8, 4) is 0 Å². The minimum Gasteiger partial charge on any atom is -0.394 e. The van der Waals surface area contributed by atoms with Crippen LogP contribution in [0.15, 0.2) is 0 Å². The maximum Gasteiger partial charge on any atom is 0.176 e. The maximum absolute atomic E-state index is 10.5. The molecule has 2 aliphatic rings. The Labute approximate surface area is 146 Å². The molecule has 2 saturated heterocycles. The van der Waals surface area contributed by atoms with E-state index in [1.54, 1.807) is 0 Å². The van der Waals surface area contributed by atoms with Gasteiger partial charge in [-0.2, -0.15) is 0 Å². The molecule has 0 spiro atoms. The van der Waals surface area contributed by atoms with Crippen LogP contribution in [0.5, 0.6) is 0 Å². The summed E-state index contributed by atoms with van der Waals surface area (Å²) in [6, 6.07) is -1.87. The van der Waals surface area contributed by atoms with Crippen molar-refractivity contribution in [3.63, 3.8) is 0 Å². The summed E-state index contributed by atoms with van der Waals surface area (Å²) in [5, 5.41) is 49.2. The Balaban J connectivity index is 2.14. The van der Waals surface area contributed by atoms with E-state index >= 15 is 0 Å². The van der Waals surface area contributed by atoms with Crippen molar-refractivity contribution in [2.75, 3.05) is 13.2 Å². The van der Waals surface area contributed by atoms with Gasteiger partial charge in [-0.1, -0.05) is 13.8 Å². The van der Waals surface area contributed by atoms with E-state index in [9.17, 15) is 25.5 Å². The van der Waals surface area contributed by atoms with Gasteiger partial charge in [-0.05, 0) is 5.92 Å². The average molecular weight is 366 g/mol. The Kier molecular flexibility index (Phi) is 7.13. The molecule has 2 rings (SSSR count). The van der Waals surface area contributed by atoms with Gasteiger partial charge in [0.05, 0.1) is 31.4 Å². The molecule has 2 fully saturated rings. The number of hydrogen-bond acceptors (Lipinski definition) is 10. The van der Waals surface area contributed by atoms with Gasteiger partial charge in [-0.25, -0.2) is 0 Å². The third-order valence-electron chi connectivity index (χ3n) is 4.87. The van der Waals surface area contributed by atoms with Crippen molar-refractivity contribution in [1.29, 1.82) is 0 Å². The van der Waals surface area contributed by atoms with Gasteiger partial charge in [-0.3, -0.25) is 0 Å². The predicted octanol–water partition coefficient (Wildman–Crippen LogP) is -3.76. The van der Waals surface area contributed by atoms with Crippen molar-refractivity contribution in [1.82, 2.24) is 0 Å². The number of ether oxygens (including phenoxy) is 3. The Hall–Kier alpha value is -0.400. The van der Waals surface area contributed by atoms with E-state index in [4.69, 9.17) is 25.7 Å². The molecule has 0 aromatic rings. The molecule has 10 heteroatoms. The van der Waals surface area contributed by atoms with Crippen LogP contribution in [0.3, 0.4) is 0 Å². The second-order valence-corrected chi connectivity index (χ2v) is 7.02. The van der Waals surface area contributed by atoms with E-state index in [2.05, 4.69) is 0 Å². The Morgan fingerprint density at radius 3 is 2.00 bits per heavy atom. The smallest absolute Gasteiger partial charge is 0.176 e. The van der Waals surface area contributed by atoms with Gasteiger partial charge in [0.25, 0.3) is 0 Å². The van der Waals surface area contributed by atoms with Crippen LogP contribution < -0.4 is 11.5 Å². The molecule has 0 bridgehead atoms. The lowest BCUT2D eigenvalue weighted by molar-refractivity contribution is -0.312. The predicted molar refractivity (Wildman–Crippen MR) is 85.2 cm³/mol. The lowest BCUT2D eigenvalue weighted by Gasteiger charge is -2.47. The third-order valence-corrected chi connectivity index (χ3v) is 4.87. The summed E-state index contributed by atoms with van der Waals surface area (Å²) in [7, 11) is 0. The number of aliphatic hydroxyl groups excluding tert-OH is 5. The molecule has 0 aromatic carbocycles. The van der Waals surface area contributed by atoms with Crippen LogP contribution in [0.25, 0.3) is 0 Å². The summed E-state index contributed by atoms with van der Waals surface area (Å²) in [5.41, 5.74) is 11.9. The lowest BCUT2D eigenvalue weighted by atomic mass is 9.88. The quantitative estimate of drug-likeness (QED) is 0.255. The van der Waals surface area contributed by atoms with Gasteiger partial charge in [0.2, 0.25) is 0 Å². The zero-order valence-electron chi connectivity index (χ0n) is 14.4. The molecular formula is C15H30N2O8. The van der Waals surface area contributed by atoms with Gasteiger partial charge in [-0.15, -0.1) is 0 Å². The van der Waals surface area contributed by atoms with Crippen molar-refractivity contribution in [2.45, 2.75) is 74.9 Å². The first-order valence-corrected chi connectivity index (χ1v) is 8.46. The van der Waals surface area contributed by atoms with Gasteiger partial charge in [0, 0.05) is 0 Å². The van der Waals surface area contributed by atoms with E-state index < -0.39 is 74.3 Å². The Morgan fingerprint density at radius 1 is 0.880 bits per heavy atom. The first kappa shape index (κ1) is 20.9. The topological polar surface area (TPSA) is 181 Å². The van der Waals surface area contributed by atoms with Crippen LogP contribution in [-0.4, -0.2) is 99.8 Å². The van der Waals surface area contributed by atoms with Crippen LogP contribution >= 0.6 is 0 Å². The molecular weight excluding hydrogens is 336 g/mol. The molecule has 0 amide bonds. The Morgan fingerprint density at radius 2 is 1.48 bits per heavy atom. The average Bonchev–Trinajstić information content (AvgIpc) is 2.58. The molecule has 2 aliphatic heterocycles. The third kappa shape index (κ3) is 4.14. The first-order chi connectivity index (χ1) is 11.7. The first-order valence-electron chi connectivity index (χ1n) is 8.46. The fourth-order valence-corrected chi connectivity index (χ4v) is 3.30. The van der Waals surface area contributed by atoms with E-state index in [1.165, 1.54) is 0 Å². The fourth-order valence-electron chi connectivity index (χ4n) is 3.30. The van der Waals surface area contributed by atoms with Crippen LogP contribution in [0.4, 0.5) is 0 Å². The van der Waals surface area contributed by atoms with E-state index in [0.29, 0.717) is 0 Å². The second-order valence-electron chi connectivity index (χ2n) is 7.02. The van der Waals surface area contributed by atoms with Crippen molar-refractivity contribution in [3.05, 3.63) is 0 Å². The van der Waals surface area contributed by atoms with Gasteiger partial charge >= 0.3 is 0 Å². The van der Waals surface area contributed by atoms with Crippen molar-refractivity contribution < 1.29 is 39.7 Å². The molecule has 10 unspecified atom stereocenters. The van der Waals surface area contributed by atoms with Gasteiger partial charge in [0.15, 0.2) is 6.29 Å². The summed E-state index contributed by atoms with van der Waals surface area (Å²) >= 11 is 0. The number of hydrogen-bond donors (Lipinski definition) is 7. The van der Waals surface area contributed by atoms with Gasteiger partial charge in [0.1, 0.15) is 36.6 Å². The molecule has 10 atom stereocenters. The number of aliphatic hydroxyl groups is 5. The molecule has 9 N–H and O–H groups in total. The minimum atomic E-state index is -1.39. The summed E-state index contributed by atoms with van der Waals surface area (Å²) < 4.78 is 16.8. The highest BCUT2D eigenvalue weighted by molar-refractivity contribution is 4.98. The highest BCUT2D eigenvalue weighted by Crippen LogP contribution is 2.29. The summed E-state index contributed by atoms with van der Waals surface area (Å²) in [6.45, 7) is 2.80. The fraction of sp³-hybridized carbons (Fsp3) is 1.00. The molecule has 0 aromatic heterocycles. The maximum atomic E-state index is 10.5. The normalized spacial score (nSPS) is 48.7. The molecule has 10 nitrogen and oxygen atoms in total. The zero-order valence-corrected chi connectivity index (χ0v) is 14.4. The van der Waals surface area contributed by atoms with Crippen molar-refractivity contribution in [2.24, 2.45) is 17.4 Å². The van der Waals surface area contributed by atoms with Crippen LogP contribution in [0.2, 0.25) is 0 Å². The van der Waals surface area contributed by atoms with Crippen molar-refractivity contribution >= 4 is 0 Å². The number of rotatable bonds is 5. The summed E-state index contributed by atoms with van der Waals surface area (Å²) in [5.74, 6) is 0.0172. The van der Waals surface area contributed by atoms with Crippen LogP contribution in [-0.2, 0) is 14.2 Å². The summed E-state index contributed by atoms with van der Waals surface area (Å²) in [6.07, 6.45) is -8.61. The minimum absolute atomic E-state index is 0.0172. The van der Waals surface area contributed by atoms with Gasteiger partial charge < -0.3 is 51.2 Å². The molecule has 25 heavy (non-hydrogen) atoms. The van der Waals surface area contributed by atoms with E-state index in [1.807, 2.05) is 13.8 Å². The SMILES string of the molecule is CC(C)C1OC(CO)C(OC2OC(CO)C(O)C(O)C2N)C(O)C1N.